The average Bonchev–Trinajstić information content (AvgIpc) is 2.20. The van der Waals surface area contributed by atoms with Crippen LogP contribution in [0.15, 0.2) is 0 Å². The fraction of sp³-hybridized carbons (Fsp3) is 1.00. The molecular formula is C7H18N2O4S. The van der Waals surface area contributed by atoms with Gasteiger partial charge in [0.15, 0.2) is 0 Å². The molecule has 1 saturated heterocycles. The summed E-state index contributed by atoms with van der Waals surface area (Å²) in [6.45, 7) is 4.68. The monoisotopic (exact) mass is 226 g/mol. The topological polar surface area (TPSA) is 89.9 Å². The molecule has 0 aromatic heterocycles. The van der Waals surface area contributed by atoms with Gasteiger partial charge in [0.1, 0.15) is 0 Å². The second-order valence-corrected chi connectivity index (χ2v) is 4.08. The Kier molecular flexibility index (Phi) is 6.21. The summed E-state index contributed by atoms with van der Waals surface area (Å²) in [6, 6.07) is -0.277. The number of hydrogen-bond donors (Lipinski definition) is 3. The normalized spacial score (nSPS) is 23.9. The van der Waals surface area contributed by atoms with Crippen molar-refractivity contribution in [3.63, 3.8) is 0 Å². The molecule has 3 N–H and O–H groups in total. The summed E-state index contributed by atoms with van der Waals surface area (Å²) in [7, 11) is -4.09. The molecule has 6 nitrogen and oxygen atoms in total. The number of hydrogen-bond acceptors (Lipinski definition) is 4. The minimum atomic E-state index is -4.09. The van der Waals surface area contributed by atoms with E-state index in [9.17, 15) is 8.42 Å². The number of rotatable bonds is 2. The van der Waals surface area contributed by atoms with Crippen molar-refractivity contribution in [1.29, 1.82) is 0 Å². The first-order valence-electron chi connectivity index (χ1n) is 4.61. The lowest BCUT2D eigenvalue weighted by Crippen LogP contribution is -2.53. The Hall–Kier alpha value is -0.210. The molecule has 1 atom stereocenters. The fourth-order valence-electron chi connectivity index (χ4n) is 1.13. The van der Waals surface area contributed by atoms with Crippen LogP contribution in [0.25, 0.3) is 0 Å². The van der Waals surface area contributed by atoms with Crippen LogP contribution in [0.5, 0.6) is 0 Å². The Morgan fingerprint density at radius 1 is 1.50 bits per heavy atom. The van der Waals surface area contributed by atoms with Crippen LogP contribution in [-0.2, 0) is 10.3 Å². The van der Waals surface area contributed by atoms with E-state index < -0.39 is 10.3 Å². The molecule has 0 radical (unpaired) electrons. The molecule has 0 amide bonds. The maximum absolute atomic E-state index is 10.6. The maximum Gasteiger partial charge on any atom is 0.336 e. The summed E-state index contributed by atoms with van der Waals surface area (Å²) in [5, 5.41) is 11.6. The second-order valence-electron chi connectivity index (χ2n) is 2.67. The quantitative estimate of drug-likeness (QED) is 0.530. The zero-order valence-corrected chi connectivity index (χ0v) is 9.29. The van der Waals surface area contributed by atoms with Gasteiger partial charge in [0.05, 0.1) is 6.61 Å². The number of nitrogens with zero attached hydrogens (tertiary/aromatic N) is 1. The molecule has 7 heteroatoms. The first-order chi connectivity index (χ1) is 6.54. The summed E-state index contributed by atoms with van der Waals surface area (Å²) in [6.07, 6.45) is 0. The molecule has 0 aromatic rings. The van der Waals surface area contributed by atoms with Crippen molar-refractivity contribution in [3.05, 3.63) is 0 Å². The van der Waals surface area contributed by atoms with Gasteiger partial charge in [0.25, 0.3) is 0 Å². The van der Waals surface area contributed by atoms with Crippen molar-refractivity contribution >= 4 is 10.3 Å². The number of piperazine rings is 1. The van der Waals surface area contributed by atoms with Crippen LogP contribution >= 0.6 is 0 Å². The Bertz CT molecular complexity index is 242. The molecule has 1 aliphatic rings. The maximum atomic E-state index is 10.6. The van der Waals surface area contributed by atoms with Crippen LogP contribution in [0, 0.1) is 0 Å². The van der Waals surface area contributed by atoms with Gasteiger partial charge in [0.2, 0.25) is 0 Å². The molecule has 1 unspecified atom stereocenters. The molecule has 0 bridgehead atoms. The Morgan fingerprint density at radius 2 is 2.07 bits per heavy atom. The standard InChI is InChI=1S/C5H12N2O4S.C2H6/c8-4-5-3-7(2-1-6-5)12(9,10)11;1-2/h5-6,8H,1-4H2,(H,9,10,11);1-2H3. The predicted molar refractivity (Wildman–Crippen MR) is 53.3 cm³/mol. The van der Waals surface area contributed by atoms with E-state index in [0.717, 1.165) is 4.31 Å². The van der Waals surface area contributed by atoms with Crippen molar-refractivity contribution in [1.82, 2.24) is 9.62 Å². The smallest absolute Gasteiger partial charge is 0.336 e. The molecule has 1 fully saturated rings. The number of nitrogens with one attached hydrogen (secondary N) is 1. The van der Waals surface area contributed by atoms with Crippen molar-refractivity contribution in [2.75, 3.05) is 26.2 Å². The van der Waals surface area contributed by atoms with Crippen LogP contribution in [0.3, 0.4) is 0 Å². The van der Waals surface area contributed by atoms with Gasteiger partial charge < -0.3 is 10.4 Å². The van der Waals surface area contributed by atoms with Crippen LogP contribution in [0.1, 0.15) is 13.8 Å². The van der Waals surface area contributed by atoms with Gasteiger partial charge >= 0.3 is 10.3 Å². The van der Waals surface area contributed by atoms with Crippen LogP contribution in [-0.4, -0.2) is 54.7 Å². The molecule has 0 spiro atoms. The molecule has 1 rings (SSSR count). The van der Waals surface area contributed by atoms with Crippen LogP contribution < -0.4 is 5.32 Å². The van der Waals surface area contributed by atoms with E-state index in [-0.39, 0.29) is 25.7 Å². The third-order valence-electron chi connectivity index (χ3n) is 1.76. The summed E-state index contributed by atoms with van der Waals surface area (Å²) in [5.74, 6) is 0. The van der Waals surface area contributed by atoms with E-state index in [1.54, 1.807) is 0 Å². The summed E-state index contributed by atoms with van der Waals surface area (Å²) in [4.78, 5) is 0. The Balaban J connectivity index is 0.000000791. The van der Waals surface area contributed by atoms with E-state index in [1.165, 1.54) is 0 Å². The zero-order chi connectivity index (χ0) is 11.2. The van der Waals surface area contributed by atoms with Gasteiger partial charge in [-0.1, -0.05) is 13.8 Å². The first-order valence-corrected chi connectivity index (χ1v) is 6.00. The van der Waals surface area contributed by atoms with Crippen molar-refractivity contribution < 1.29 is 18.1 Å². The SMILES string of the molecule is CC.O=S(=O)(O)N1CCNC(CO)C1. The molecule has 0 aromatic carbocycles. The fourth-order valence-corrected chi connectivity index (χ4v) is 1.82. The lowest BCUT2D eigenvalue weighted by molar-refractivity contribution is 0.189. The Labute approximate surface area is 84.8 Å². The summed E-state index contributed by atoms with van der Waals surface area (Å²) >= 11 is 0. The van der Waals surface area contributed by atoms with Gasteiger partial charge in [-0.25, -0.2) is 0 Å². The first kappa shape index (κ1) is 13.8. The summed E-state index contributed by atoms with van der Waals surface area (Å²) < 4.78 is 30.8. The lowest BCUT2D eigenvalue weighted by Gasteiger charge is -2.29. The molecule has 1 heterocycles. The van der Waals surface area contributed by atoms with E-state index >= 15 is 0 Å². The van der Waals surface area contributed by atoms with E-state index in [0.29, 0.717) is 6.54 Å². The molecule has 0 aliphatic carbocycles. The molecule has 0 saturated carbocycles. The highest BCUT2D eigenvalue weighted by atomic mass is 32.2. The predicted octanol–water partition coefficient (Wildman–Crippen LogP) is -0.918. The molecular weight excluding hydrogens is 208 g/mol. The van der Waals surface area contributed by atoms with Gasteiger partial charge in [-0.05, 0) is 0 Å². The van der Waals surface area contributed by atoms with Crippen molar-refractivity contribution in [2.45, 2.75) is 19.9 Å². The van der Waals surface area contributed by atoms with Gasteiger partial charge in [-0.15, -0.1) is 0 Å². The minimum absolute atomic E-state index is 0.120. The number of aliphatic hydroxyl groups excluding tert-OH is 1. The van der Waals surface area contributed by atoms with Crippen LogP contribution in [0.2, 0.25) is 0 Å². The van der Waals surface area contributed by atoms with E-state index in [4.69, 9.17) is 9.66 Å². The average molecular weight is 226 g/mol. The van der Waals surface area contributed by atoms with Gasteiger partial charge in [-0.2, -0.15) is 12.7 Å². The minimum Gasteiger partial charge on any atom is -0.395 e. The highest BCUT2D eigenvalue weighted by Gasteiger charge is 2.26. The zero-order valence-electron chi connectivity index (χ0n) is 8.47. The van der Waals surface area contributed by atoms with E-state index in [2.05, 4.69) is 5.32 Å². The molecule has 86 valence electrons. The molecule has 14 heavy (non-hydrogen) atoms. The van der Waals surface area contributed by atoms with Crippen molar-refractivity contribution in [3.8, 4) is 0 Å². The van der Waals surface area contributed by atoms with Crippen LogP contribution in [0.4, 0.5) is 0 Å². The van der Waals surface area contributed by atoms with Gasteiger partial charge in [0, 0.05) is 25.7 Å². The number of aliphatic hydroxyl groups is 1. The van der Waals surface area contributed by atoms with Crippen molar-refractivity contribution in [2.24, 2.45) is 0 Å². The third-order valence-corrected chi connectivity index (χ3v) is 2.75. The lowest BCUT2D eigenvalue weighted by atomic mass is 10.2. The third kappa shape index (κ3) is 4.34. The highest BCUT2D eigenvalue weighted by molar-refractivity contribution is 7.83. The highest BCUT2D eigenvalue weighted by Crippen LogP contribution is 2.02. The van der Waals surface area contributed by atoms with E-state index in [1.807, 2.05) is 13.8 Å². The largest absolute Gasteiger partial charge is 0.395 e. The van der Waals surface area contributed by atoms with Gasteiger partial charge in [-0.3, -0.25) is 4.55 Å². The summed E-state index contributed by atoms with van der Waals surface area (Å²) in [5.41, 5.74) is 0. The Morgan fingerprint density at radius 3 is 2.50 bits per heavy atom. The second kappa shape index (κ2) is 6.31. The molecule has 1 aliphatic heterocycles.